The van der Waals surface area contributed by atoms with Crippen molar-refractivity contribution in [3.05, 3.63) is 22.5 Å². The first-order valence-electron chi connectivity index (χ1n) is 4.31. The lowest BCUT2D eigenvalue weighted by Gasteiger charge is -2.00. The number of primary amides is 1. The molecule has 0 aliphatic carbocycles. The fourth-order valence-electron chi connectivity index (χ4n) is 1.23. The Morgan fingerprint density at radius 1 is 1.56 bits per heavy atom. The summed E-state index contributed by atoms with van der Waals surface area (Å²) < 4.78 is 2.30. The van der Waals surface area contributed by atoms with E-state index in [1.54, 1.807) is 0 Å². The van der Waals surface area contributed by atoms with Gasteiger partial charge in [0, 0.05) is 5.33 Å². The van der Waals surface area contributed by atoms with Crippen molar-refractivity contribution in [3.8, 4) is 0 Å². The second kappa shape index (κ2) is 4.00. The SMILES string of the molecule is NC(=O)c1ncn2c(=O)n(CCBr)nnc12. The number of hydrogen-bond donors (Lipinski definition) is 1. The zero-order valence-electron chi connectivity index (χ0n) is 8.00. The van der Waals surface area contributed by atoms with Gasteiger partial charge < -0.3 is 5.73 Å². The van der Waals surface area contributed by atoms with Crippen molar-refractivity contribution >= 4 is 27.5 Å². The minimum absolute atomic E-state index is 0.0596. The Kier molecular flexibility index (Phi) is 2.69. The molecule has 2 rings (SSSR count). The van der Waals surface area contributed by atoms with Gasteiger partial charge >= 0.3 is 5.69 Å². The van der Waals surface area contributed by atoms with Crippen molar-refractivity contribution < 1.29 is 4.79 Å². The number of alkyl halides is 1. The topological polar surface area (TPSA) is 108 Å². The Morgan fingerprint density at radius 2 is 2.31 bits per heavy atom. The van der Waals surface area contributed by atoms with Crippen LogP contribution in [0.3, 0.4) is 0 Å². The maximum Gasteiger partial charge on any atom is 0.352 e. The van der Waals surface area contributed by atoms with Gasteiger partial charge in [-0.15, -0.1) is 5.10 Å². The number of halogens is 1. The molecule has 0 bridgehead atoms. The molecule has 1 amide bonds. The molecule has 16 heavy (non-hydrogen) atoms. The Labute approximate surface area is 97.2 Å². The van der Waals surface area contributed by atoms with Crippen LogP contribution < -0.4 is 11.4 Å². The molecule has 0 aromatic carbocycles. The molecule has 0 spiro atoms. The third-order valence-corrected chi connectivity index (χ3v) is 2.30. The number of aromatic nitrogens is 5. The minimum atomic E-state index is -0.741. The predicted octanol–water partition coefficient (Wildman–Crippen LogP) is -1.22. The summed E-state index contributed by atoms with van der Waals surface area (Å²) in [5.41, 5.74) is 4.67. The van der Waals surface area contributed by atoms with Crippen LogP contribution in [0.25, 0.3) is 5.65 Å². The van der Waals surface area contributed by atoms with Gasteiger partial charge in [-0.3, -0.25) is 4.79 Å². The number of fused-ring (bicyclic) bond motifs is 1. The van der Waals surface area contributed by atoms with Crippen LogP contribution in [0.1, 0.15) is 10.5 Å². The maximum absolute atomic E-state index is 11.8. The second-order valence-electron chi connectivity index (χ2n) is 2.94. The van der Waals surface area contributed by atoms with Gasteiger partial charge in [0.25, 0.3) is 5.91 Å². The Balaban J connectivity index is 2.69. The van der Waals surface area contributed by atoms with E-state index in [-0.39, 0.29) is 11.3 Å². The van der Waals surface area contributed by atoms with E-state index in [0.29, 0.717) is 11.9 Å². The third-order valence-electron chi connectivity index (χ3n) is 1.95. The van der Waals surface area contributed by atoms with Crippen molar-refractivity contribution in [2.45, 2.75) is 6.54 Å². The highest BCUT2D eigenvalue weighted by atomic mass is 79.9. The van der Waals surface area contributed by atoms with Crippen LogP contribution in [-0.2, 0) is 6.54 Å². The largest absolute Gasteiger partial charge is 0.364 e. The number of rotatable bonds is 3. The molecular weight excluding hydrogens is 280 g/mol. The highest BCUT2D eigenvalue weighted by Gasteiger charge is 2.14. The number of aryl methyl sites for hydroxylation is 1. The summed E-state index contributed by atoms with van der Waals surface area (Å²) in [6.45, 7) is 0.381. The molecular formula is C7H7BrN6O2. The molecule has 2 heterocycles. The number of hydrogen-bond acceptors (Lipinski definition) is 5. The van der Waals surface area contributed by atoms with Crippen molar-refractivity contribution in [1.29, 1.82) is 0 Å². The molecule has 9 heteroatoms. The summed E-state index contributed by atoms with van der Waals surface area (Å²) in [5, 5.41) is 7.97. The van der Waals surface area contributed by atoms with E-state index in [9.17, 15) is 9.59 Å². The van der Waals surface area contributed by atoms with E-state index in [0.717, 1.165) is 9.08 Å². The molecule has 0 aliphatic heterocycles. The molecule has 0 aliphatic rings. The van der Waals surface area contributed by atoms with E-state index in [1.807, 2.05) is 0 Å². The number of imidazole rings is 1. The molecule has 0 unspecified atom stereocenters. The van der Waals surface area contributed by atoms with Gasteiger partial charge in [0.05, 0.1) is 6.54 Å². The molecule has 84 valence electrons. The second-order valence-corrected chi connectivity index (χ2v) is 3.73. The van der Waals surface area contributed by atoms with Gasteiger partial charge in [0.15, 0.2) is 11.3 Å². The molecule has 0 atom stereocenters. The Bertz CT molecular complexity index is 602. The monoisotopic (exact) mass is 286 g/mol. The lowest BCUT2D eigenvalue weighted by molar-refractivity contribution is 0.0997. The Hall–Kier alpha value is -1.77. The predicted molar refractivity (Wildman–Crippen MR) is 57.4 cm³/mol. The van der Waals surface area contributed by atoms with E-state index in [2.05, 4.69) is 31.2 Å². The Morgan fingerprint density at radius 3 is 2.94 bits per heavy atom. The molecule has 0 saturated heterocycles. The number of amides is 1. The van der Waals surface area contributed by atoms with Crippen molar-refractivity contribution in [2.75, 3.05) is 5.33 Å². The van der Waals surface area contributed by atoms with Crippen LogP contribution >= 0.6 is 15.9 Å². The maximum atomic E-state index is 11.8. The molecule has 0 radical (unpaired) electrons. The zero-order chi connectivity index (χ0) is 11.7. The first-order valence-corrected chi connectivity index (χ1v) is 5.44. The summed E-state index contributed by atoms with van der Waals surface area (Å²) in [6.07, 6.45) is 1.21. The fraction of sp³-hybridized carbons (Fsp3) is 0.286. The third kappa shape index (κ3) is 1.58. The first kappa shape index (κ1) is 10.7. The van der Waals surface area contributed by atoms with E-state index in [4.69, 9.17) is 5.73 Å². The lowest BCUT2D eigenvalue weighted by Crippen LogP contribution is -2.30. The van der Waals surface area contributed by atoms with Crippen LogP contribution in [0.5, 0.6) is 0 Å². The number of nitrogens with two attached hydrogens (primary N) is 1. The van der Waals surface area contributed by atoms with Crippen molar-refractivity contribution in [3.63, 3.8) is 0 Å². The van der Waals surface area contributed by atoms with Crippen molar-refractivity contribution in [2.24, 2.45) is 5.73 Å². The summed E-state index contributed by atoms with van der Waals surface area (Å²) in [5.74, 6) is -0.741. The molecule has 2 N–H and O–H groups in total. The fourth-order valence-corrected chi connectivity index (χ4v) is 1.57. The van der Waals surface area contributed by atoms with Crippen LogP contribution in [0.15, 0.2) is 11.1 Å². The zero-order valence-corrected chi connectivity index (χ0v) is 9.59. The average molecular weight is 287 g/mol. The molecule has 0 saturated carbocycles. The minimum Gasteiger partial charge on any atom is -0.364 e. The van der Waals surface area contributed by atoms with E-state index >= 15 is 0 Å². The summed E-state index contributed by atoms with van der Waals surface area (Å²) in [4.78, 5) is 26.4. The number of nitrogens with zero attached hydrogens (tertiary/aromatic N) is 5. The summed E-state index contributed by atoms with van der Waals surface area (Å²) >= 11 is 3.19. The van der Waals surface area contributed by atoms with E-state index in [1.165, 1.54) is 6.33 Å². The van der Waals surface area contributed by atoms with Gasteiger partial charge in [-0.05, 0) is 0 Å². The van der Waals surface area contributed by atoms with Gasteiger partial charge in [-0.1, -0.05) is 21.1 Å². The van der Waals surface area contributed by atoms with Gasteiger partial charge in [0.1, 0.15) is 6.33 Å². The smallest absolute Gasteiger partial charge is 0.352 e. The number of carbonyl (C=O) groups is 1. The van der Waals surface area contributed by atoms with Gasteiger partial charge in [-0.2, -0.15) is 4.68 Å². The quantitative estimate of drug-likeness (QED) is 0.712. The molecule has 2 aromatic rings. The molecule has 2 aromatic heterocycles. The lowest BCUT2D eigenvalue weighted by atomic mass is 10.4. The van der Waals surface area contributed by atoms with Gasteiger partial charge in [0.2, 0.25) is 0 Å². The molecule has 0 fully saturated rings. The average Bonchev–Trinajstić information content (AvgIpc) is 2.67. The van der Waals surface area contributed by atoms with Crippen LogP contribution in [-0.4, -0.2) is 35.6 Å². The molecule has 8 nitrogen and oxygen atoms in total. The van der Waals surface area contributed by atoms with Crippen LogP contribution in [0, 0.1) is 0 Å². The first-order chi connectivity index (χ1) is 7.65. The van der Waals surface area contributed by atoms with E-state index < -0.39 is 11.6 Å². The highest BCUT2D eigenvalue weighted by molar-refractivity contribution is 9.09. The highest BCUT2D eigenvalue weighted by Crippen LogP contribution is 2.00. The van der Waals surface area contributed by atoms with Crippen LogP contribution in [0.4, 0.5) is 0 Å². The normalized spacial score (nSPS) is 10.8. The number of carbonyl (C=O) groups excluding carboxylic acids is 1. The van der Waals surface area contributed by atoms with Crippen LogP contribution in [0.2, 0.25) is 0 Å². The van der Waals surface area contributed by atoms with Gasteiger partial charge in [-0.25, -0.2) is 14.2 Å². The van der Waals surface area contributed by atoms with Crippen molar-refractivity contribution in [1.82, 2.24) is 24.4 Å². The standard InChI is InChI=1S/C7H7BrN6O2/c8-1-2-14-7(16)13-3-10-4(5(9)15)6(13)11-12-14/h3H,1-2H2,(H2,9,15). The summed E-state index contributed by atoms with van der Waals surface area (Å²) in [6, 6.07) is 0. The summed E-state index contributed by atoms with van der Waals surface area (Å²) in [7, 11) is 0.